The highest BCUT2D eigenvalue weighted by molar-refractivity contribution is 6.19. The fourth-order valence-corrected chi connectivity index (χ4v) is 1.39. The van der Waals surface area contributed by atoms with Crippen LogP contribution in [-0.2, 0) is 28.6 Å². The minimum Gasteiger partial charge on any atom is -0.458 e. The van der Waals surface area contributed by atoms with Crippen LogP contribution in [0, 0.1) is 0 Å². The molecule has 0 amide bonds. The maximum Gasteiger partial charge on any atom is 0.346 e. The number of hydrogen-bond donors (Lipinski definition) is 0. The van der Waals surface area contributed by atoms with Crippen LogP contribution in [0.4, 0.5) is 0 Å². The summed E-state index contributed by atoms with van der Waals surface area (Å²) >= 11 is 0. The monoisotopic (exact) mass is 308 g/mol. The molecule has 0 radical (unpaired) electrons. The predicted molar refractivity (Wildman–Crippen MR) is 80.8 cm³/mol. The second kappa shape index (κ2) is 11.1. The molecule has 0 saturated heterocycles. The van der Waals surface area contributed by atoms with Gasteiger partial charge in [0.15, 0.2) is 5.57 Å². The first-order valence-corrected chi connectivity index (χ1v) is 6.60. The van der Waals surface area contributed by atoms with Gasteiger partial charge in [0, 0.05) is 0 Å². The summed E-state index contributed by atoms with van der Waals surface area (Å²) in [7, 11) is 0. The number of rotatable bonds is 10. The van der Waals surface area contributed by atoms with Crippen LogP contribution in [0.3, 0.4) is 0 Å². The van der Waals surface area contributed by atoms with Crippen molar-refractivity contribution in [3.8, 4) is 0 Å². The fourth-order valence-electron chi connectivity index (χ4n) is 1.39. The molecule has 0 aliphatic rings. The summed E-state index contributed by atoms with van der Waals surface area (Å²) in [5, 5.41) is 0. The molecule has 0 spiro atoms. The van der Waals surface area contributed by atoms with E-state index in [2.05, 4.69) is 19.7 Å². The second-order valence-electron chi connectivity index (χ2n) is 3.87. The maximum absolute atomic E-state index is 12.0. The summed E-state index contributed by atoms with van der Waals surface area (Å²) in [6.07, 6.45) is 4.15. The summed E-state index contributed by atoms with van der Waals surface area (Å²) in [6.45, 7) is 11.6. The quantitative estimate of drug-likeness (QED) is 0.153. The van der Waals surface area contributed by atoms with Gasteiger partial charge in [-0.25, -0.2) is 14.4 Å². The Hall–Kier alpha value is -2.63. The van der Waals surface area contributed by atoms with E-state index in [1.54, 1.807) is 6.92 Å². The number of esters is 3. The molecule has 0 saturated carbocycles. The third-order valence-electron chi connectivity index (χ3n) is 2.31. The van der Waals surface area contributed by atoms with Gasteiger partial charge in [0.05, 0.1) is 5.57 Å². The third-order valence-corrected chi connectivity index (χ3v) is 2.31. The van der Waals surface area contributed by atoms with Gasteiger partial charge in [-0.05, 0) is 6.42 Å². The average molecular weight is 308 g/mol. The van der Waals surface area contributed by atoms with E-state index >= 15 is 0 Å². The standard InChI is InChI=1S/C16H20O6/c1-5-9-20-14(17)12(8-4)13(15(18)21-10-6-2)16(19)22-11-7-3/h5-7H,1-3,8-11H2,4H3. The van der Waals surface area contributed by atoms with Crippen LogP contribution in [0.2, 0.25) is 0 Å². The highest BCUT2D eigenvalue weighted by Gasteiger charge is 2.29. The van der Waals surface area contributed by atoms with Gasteiger partial charge in [-0.15, -0.1) is 0 Å². The van der Waals surface area contributed by atoms with Crippen molar-refractivity contribution in [3.05, 3.63) is 49.1 Å². The maximum atomic E-state index is 12.0. The zero-order valence-electron chi connectivity index (χ0n) is 12.6. The van der Waals surface area contributed by atoms with Crippen LogP contribution in [0.5, 0.6) is 0 Å². The van der Waals surface area contributed by atoms with Crippen molar-refractivity contribution in [3.63, 3.8) is 0 Å². The molecular weight excluding hydrogens is 288 g/mol. The Balaban J connectivity index is 5.57. The van der Waals surface area contributed by atoms with Crippen LogP contribution >= 0.6 is 0 Å². The van der Waals surface area contributed by atoms with Gasteiger partial charge in [-0.1, -0.05) is 44.9 Å². The van der Waals surface area contributed by atoms with E-state index in [0.29, 0.717) is 0 Å². The first-order chi connectivity index (χ1) is 10.5. The number of hydrogen-bond acceptors (Lipinski definition) is 6. The average Bonchev–Trinajstić information content (AvgIpc) is 2.52. The largest absolute Gasteiger partial charge is 0.458 e. The van der Waals surface area contributed by atoms with Gasteiger partial charge in [0.1, 0.15) is 19.8 Å². The van der Waals surface area contributed by atoms with E-state index in [4.69, 9.17) is 14.2 Å². The fraction of sp³-hybridized carbons (Fsp3) is 0.312. The van der Waals surface area contributed by atoms with Gasteiger partial charge in [-0.3, -0.25) is 0 Å². The summed E-state index contributed by atoms with van der Waals surface area (Å²) in [5.74, 6) is -2.74. The van der Waals surface area contributed by atoms with Crippen molar-refractivity contribution in [2.45, 2.75) is 13.3 Å². The van der Waals surface area contributed by atoms with Gasteiger partial charge < -0.3 is 14.2 Å². The van der Waals surface area contributed by atoms with Crippen molar-refractivity contribution in [1.29, 1.82) is 0 Å². The van der Waals surface area contributed by atoms with Crippen LogP contribution in [0.1, 0.15) is 13.3 Å². The first kappa shape index (κ1) is 19.4. The van der Waals surface area contributed by atoms with Crippen LogP contribution in [-0.4, -0.2) is 37.7 Å². The Morgan fingerprint density at radius 1 is 0.773 bits per heavy atom. The molecule has 0 rings (SSSR count). The highest BCUT2D eigenvalue weighted by atomic mass is 16.6. The van der Waals surface area contributed by atoms with Gasteiger partial charge in [-0.2, -0.15) is 0 Å². The summed E-state index contributed by atoms with van der Waals surface area (Å²) in [4.78, 5) is 36.0. The molecule has 0 bridgehead atoms. The second-order valence-corrected chi connectivity index (χ2v) is 3.87. The molecule has 0 aliphatic heterocycles. The minimum absolute atomic E-state index is 0.0426. The Kier molecular flexibility index (Phi) is 9.75. The van der Waals surface area contributed by atoms with Crippen molar-refractivity contribution in [1.82, 2.24) is 0 Å². The van der Waals surface area contributed by atoms with E-state index in [0.717, 1.165) is 0 Å². The molecule has 0 fully saturated rings. The van der Waals surface area contributed by atoms with Crippen molar-refractivity contribution in [2.24, 2.45) is 0 Å². The molecule has 6 heteroatoms. The highest BCUT2D eigenvalue weighted by Crippen LogP contribution is 2.15. The molecular formula is C16H20O6. The van der Waals surface area contributed by atoms with Gasteiger partial charge in [0.25, 0.3) is 0 Å². The number of carbonyl (C=O) groups excluding carboxylic acids is 3. The van der Waals surface area contributed by atoms with Crippen LogP contribution < -0.4 is 0 Å². The molecule has 0 aliphatic carbocycles. The molecule has 0 unspecified atom stereocenters. The molecule has 0 aromatic carbocycles. The molecule has 120 valence electrons. The topological polar surface area (TPSA) is 78.9 Å². The number of ether oxygens (including phenoxy) is 3. The first-order valence-electron chi connectivity index (χ1n) is 6.60. The summed E-state index contributed by atoms with van der Waals surface area (Å²) in [5.41, 5.74) is -0.606. The van der Waals surface area contributed by atoms with Crippen LogP contribution in [0.15, 0.2) is 49.1 Å². The summed E-state index contributed by atoms with van der Waals surface area (Å²) in [6, 6.07) is 0. The molecule has 6 nitrogen and oxygen atoms in total. The molecule has 0 aromatic rings. The van der Waals surface area contributed by atoms with Crippen molar-refractivity contribution >= 4 is 17.9 Å². The molecule has 22 heavy (non-hydrogen) atoms. The van der Waals surface area contributed by atoms with E-state index in [1.165, 1.54) is 18.2 Å². The van der Waals surface area contributed by atoms with Crippen molar-refractivity contribution in [2.75, 3.05) is 19.8 Å². The lowest BCUT2D eigenvalue weighted by Gasteiger charge is -2.11. The lowest BCUT2D eigenvalue weighted by Crippen LogP contribution is -2.24. The molecule has 0 N–H and O–H groups in total. The van der Waals surface area contributed by atoms with Crippen molar-refractivity contribution < 1.29 is 28.6 Å². The Labute approximate surface area is 129 Å². The predicted octanol–water partition coefficient (Wildman–Crippen LogP) is 1.88. The zero-order chi connectivity index (χ0) is 17.0. The molecule has 0 atom stereocenters. The Morgan fingerprint density at radius 3 is 1.45 bits per heavy atom. The van der Waals surface area contributed by atoms with E-state index in [1.807, 2.05) is 0 Å². The smallest absolute Gasteiger partial charge is 0.346 e. The SMILES string of the molecule is C=CCOC(=O)C(CC)=C(C(=O)OCC=C)C(=O)OCC=C. The van der Waals surface area contributed by atoms with Gasteiger partial charge in [0.2, 0.25) is 0 Å². The minimum atomic E-state index is -0.971. The zero-order valence-corrected chi connectivity index (χ0v) is 12.6. The van der Waals surface area contributed by atoms with E-state index in [-0.39, 0.29) is 31.8 Å². The van der Waals surface area contributed by atoms with E-state index in [9.17, 15) is 14.4 Å². The van der Waals surface area contributed by atoms with Crippen LogP contribution in [0.25, 0.3) is 0 Å². The number of carbonyl (C=O) groups is 3. The normalized spacial score (nSPS) is 9.14. The lowest BCUT2D eigenvalue weighted by atomic mass is 10.1. The third kappa shape index (κ3) is 6.21. The van der Waals surface area contributed by atoms with E-state index < -0.39 is 23.5 Å². The lowest BCUT2D eigenvalue weighted by molar-refractivity contribution is -0.147. The Bertz CT molecular complexity index is 461. The molecule has 0 aromatic heterocycles. The summed E-state index contributed by atoms with van der Waals surface area (Å²) < 4.78 is 14.5. The Morgan fingerprint density at radius 2 is 1.14 bits per heavy atom. The van der Waals surface area contributed by atoms with Gasteiger partial charge >= 0.3 is 17.9 Å². The molecule has 0 heterocycles.